The Hall–Kier alpha value is -2.88. The highest BCUT2D eigenvalue weighted by molar-refractivity contribution is 6.11. The van der Waals surface area contributed by atoms with Crippen LogP contribution in [0, 0.1) is 0 Å². The SMILES string of the molecule is COc1ccc(NC(=O)CC2=C(c3ccccc3)CCC2=O)cc1. The molecule has 1 amide bonds. The second kappa shape index (κ2) is 7.13. The summed E-state index contributed by atoms with van der Waals surface area (Å²) in [5.41, 5.74) is 3.33. The molecule has 0 heterocycles. The Morgan fingerprint density at radius 3 is 2.42 bits per heavy atom. The van der Waals surface area contributed by atoms with Gasteiger partial charge in [-0.25, -0.2) is 0 Å². The van der Waals surface area contributed by atoms with Gasteiger partial charge in [0.2, 0.25) is 5.91 Å². The van der Waals surface area contributed by atoms with Crippen molar-refractivity contribution in [1.29, 1.82) is 0 Å². The molecule has 1 aliphatic carbocycles. The van der Waals surface area contributed by atoms with Crippen molar-refractivity contribution in [1.82, 2.24) is 0 Å². The number of anilines is 1. The van der Waals surface area contributed by atoms with E-state index in [9.17, 15) is 9.59 Å². The average molecular weight is 321 g/mol. The molecule has 0 saturated heterocycles. The van der Waals surface area contributed by atoms with Gasteiger partial charge in [0.15, 0.2) is 5.78 Å². The largest absolute Gasteiger partial charge is 0.497 e. The molecule has 122 valence electrons. The first-order valence-electron chi connectivity index (χ1n) is 7.92. The minimum absolute atomic E-state index is 0.0683. The summed E-state index contributed by atoms with van der Waals surface area (Å²) in [5.74, 6) is 0.616. The summed E-state index contributed by atoms with van der Waals surface area (Å²) >= 11 is 0. The normalized spacial score (nSPS) is 14.0. The van der Waals surface area contributed by atoms with Crippen LogP contribution >= 0.6 is 0 Å². The molecule has 4 nitrogen and oxygen atoms in total. The topological polar surface area (TPSA) is 55.4 Å². The van der Waals surface area contributed by atoms with E-state index in [2.05, 4.69) is 5.32 Å². The van der Waals surface area contributed by atoms with Gasteiger partial charge in [0.1, 0.15) is 5.75 Å². The fourth-order valence-electron chi connectivity index (χ4n) is 2.91. The van der Waals surface area contributed by atoms with Crippen molar-refractivity contribution in [3.8, 4) is 5.75 Å². The van der Waals surface area contributed by atoms with Crippen LogP contribution in [0.4, 0.5) is 5.69 Å². The van der Waals surface area contributed by atoms with Crippen molar-refractivity contribution in [2.24, 2.45) is 0 Å². The van der Waals surface area contributed by atoms with Crippen molar-refractivity contribution in [2.75, 3.05) is 12.4 Å². The molecule has 0 radical (unpaired) electrons. The molecule has 0 aromatic heterocycles. The van der Waals surface area contributed by atoms with Gasteiger partial charge < -0.3 is 10.1 Å². The lowest BCUT2D eigenvalue weighted by Gasteiger charge is -2.09. The molecule has 2 aromatic carbocycles. The molecule has 4 heteroatoms. The maximum atomic E-state index is 12.3. The summed E-state index contributed by atoms with van der Waals surface area (Å²) in [7, 11) is 1.59. The minimum atomic E-state index is -0.182. The van der Waals surface area contributed by atoms with E-state index in [0.29, 0.717) is 24.1 Å². The van der Waals surface area contributed by atoms with Crippen LogP contribution in [-0.4, -0.2) is 18.8 Å². The van der Waals surface area contributed by atoms with Gasteiger partial charge in [0, 0.05) is 17.7 Å². The Balaban J connectivity index is 1.75. The fraction of sp³-hybridized carbons (Fsp3) is 0.200. The smallest absolute Gasteiger partial charge is 0.228 e. The van der Waals surface area contributed by atoms with Gasteiger partial charge in [-0.2, -0.15) is 0 Å². The van der Waals surface area contributed by atoms with Crippen LogP contribution in [-0.2, 0) is 9.59 Å². The Morgan fingerprint density at radius 2 is 1.75 bits per heavy atom. The van der Waals surface area contributed by atoms with E-state index in [4.69, 9.17) is 4.74 Å². The van der Waals surface area contributed by atoms with Gasteiger partial charge >= 0.3 is 0 Å². The van der Waals surface area contributed by atoms with Crippen LogP contribution in [0.2, 0.25) is 0 Å². The Kier molecular flexibility index (Phi) is 4.75. The Labute approximate surface area is 141 Å². The first-order chi connectivity index (χ1) is 11.7. The number of benzene rings is 2. The number of rotatable bonds is 5. The Bertz CT molecular complexity index is 776. The zero-order chi connectivity index (χ0) is 16.9. The quantitative estimate of drug-likeness (QED) is 0.910. The maximum absolute atomic E-state index is 12.3. The van der Waals surface area contributed by atoms with Crippen LogP contribution in [0.15, 0.2) is 60.2 Å². The summed E-state index contributed by atoms with van der Waals surface area (Å²) in [6, 6.07) is 16.9. The molecule has 24 heavy (non-hydrogen) atoms. The summed E-state index contributed by atoms with van der Waals surface area (Å²) < 4.78 is 5.09. The van der Waals surface area contributed by atoms with Crippen molar-refractivity contribution >= 4 is 23.0 Å². The number of Topliss-reactive ketones (excluding diaryl/α,β-unsaturated/α-hetero) is 1. The first-order valence-corrected chi connectivity index (χ1v) is 7.92. The fourth-order valence-corrected chi connectivity index (χ4v) is 2.91. The maximum Gasteiger partial charge on any atom is 0.228 e. The highest BCUT2D eigenvalue weighted by atomic mass is 16.5. The number of carbonyl (C=O) groups excluding carboxylic acids is 2. The number of hydrogen-bond acceptors (Lipinski definition) is 3. The second-order valence-electron chi connectivity index (χ2n) is 5.70. The second-order valence-corrected chi connectivity index (χ2v) is 5.70. The van der Waals surface area contributed by atoms with E-state index in [1.165, 1.54) is 0 Å². The number of nitrogens with one attached hydrogen (secondary N) is 1. The monoisotopic (exact) mass is 321 g/mol. The number of ether oxygens (including phenoxy) is 1. The standard InChI is InChI=1S/C20H19NO3/c1-24-16-9-7-15(8-10-16)21-20(23)13-18-17(11-12-19(18)22)14-5-3-2-4-6-14/h2-10H,11-13H2,1H3,(H,21,23). The van der Waals surface area contributed by atoms with Crippen molar-refractivity contribution in [2.45, 2.75) is 19.3 Å². The van der Waals surface area contributed by atoms with E-state index in [1.54, 1.807) is 31.4 Å². The number of methoxy groups -OCH3 is 1. The zero-order valence-corrected chi connectivity index (χ0v) is 13.5. The van der Waals surface area contributed by atoms with E-state index >= 15 is 0 Å². The van der Waals surface area contributed by atoms with E-state index < -0.39 is 0 Å². The Morgan fingerprint density at radius 1 is 1.04 bits per heavy atom. The zero-order valence-electron chi connectivity index (χ0n) is 13.5. The summed E-state index contributed by atoms with van der Waals surface area (Å²) in [6.07, 6.45) is 1.29. The lowest BCUT2D eigenvalue weighted by Crippen LogP contribution is -2.14. The van der Waals surface area contributed by atoms with Crippen LogP contribution < -0.4 is 10.1 Å². The number of allylic oxidation sites excluding steroid dienone is 1. The third-order valence-electron chi connectivity index (χ3n) is 4.14. The molecule has 2 aromatic rings. The predicted octanol–water partition coefficient (Wildman–Crippen LogP) is 3.84. The van der Waals surface area contributed by atoms with Gasteiger partial charge in [0.25, 0.3) is 0 Å². The van der Waals surface area contributed by atoms with Gasteiger partial charge in [-0.1, -0.05) is 30.3 Å². The summed E-state index contributed by atoms with van der Waals surface area (Å²) in [4.78, 5) is 24.5. The molecule has 0 spiro atoms. The van der Waals surface area contributed by atoms with Crippen molar-refractivity contribution in [3.63, 3.8) is 0 Å². The average Bonchev–Trinajstić information content (AvgIpc) is 2.97. The first kappa shape index (κ1) is 16.0. The van der Waals surface area contributed by atoms with Gasteiger partial charge in [-0.15, -0.1) is 0 Å². The molecule has 0 fully saturated rings. The number of ketones is 1. The molecule has 0 bridgehead atoms. The van der Waals surface area contributed by atoms with E-state index in [1.807, 2.05) is 30.3 Å². The van der Waals surface area contributed by atoms with Crippen LogP contribution in [0.5, 0.6) is 5.75 Å². The summed E-state index contributed by atoms with van der Waals surface area (Å²) in [6.45, 7) is 0. The van der Waals surface area contributed by atoms with Gasteiger partial charge in [-0.3, -0.25) is 9.59 Å². The molecule has 0 aliphatic heterocycles. The number of hydrogen-bond donors (Lipinski definition) is 1. The number of carbonyl (C=O) groups is 2. The lowest BCUT2D eigenvalue weighted by molar-refractivity contribution is -0.119. The molecule has 1 N–H and O–H groups in total. The van der Waals surface area contributed by atoms with Crippen molar-refractivity contribution < 1.29 is 14.3 Å². The van der Waals surface area contributed by atoms with E-state index in [0.717, 1.165) is 16.9 Å². The third kappa shape index (κ3) is 3.54. The predicted molar refractivity (Wildman–Crippen MR) is 93.8 cm³/mol. The van der Waals surface area contributed by atoms with Gasteiger partial charge in [0.05, 0.1) is 13.5 Å². The van der Waals surface area contributed by atoms with Crippen LogP contribution in [0.1, 0.15) is 24.8 Å². The molecular weight excluding hydrogens is 302 g/mol. The molecular formula is C20H19NO3. The van der Waals surface area contributed by atoms with Gasteiger partial charge in [-0.05, 0) is 41.8 Å². The summed E-state index contributed by atoms with van der Waals surface area (Å²) in [5, 5.41) is 2.83. The van der Waals surface area contributed by atoms with Crippen LogP contribution in [0.3, 0.4) is 0 Å². The lowest BCUT2D eigenvalue weighted by atomic mass is 10.00. The number of amides is 1. The third-order valence-corrected chi connectivity index (χ3v) is 4.14. The van der Waals surface area contributed by atoms with Crippen LogP contribution in [0.25, 0.3) is 5.57 Å². The molecule has 3 rings (SSSR count). The molecule has 0 saturated carbocycles. The molecule has 0 unspecified atom stereocenters. The minimum Gasteiger partial charge on any atom is -0.497 e. The molecule has 0 atom stereocenters. The molecule has 1 aliphatic rings. The van der Waals surface area contributed by atoms with Crippen molar-refractivity contribution in [3.05, 3.63) is 65.7 Å². The highest BCUT2D eigenvalue weighted by Gasteiger charge is 2.25. The highest BCUT2D eigenvalue weighted by Crippen LogP contribution is 2.33. The van der Waals surface area contributed by atoms with E-state index in [-0.39, 0.29) is 18.1 Å².